The topological polar surface area (TPSA) is 45.3 Å². The van der Waals surface area contributed by atoms with E-state index in [2.05, 4.69) is 20.9 Å². The maximum atomic E-state index is 12.8. The maximum absolute atomic E-state index is 12.8. The number of H-pyrrole nitrogens is 1. The van der Waals surface area contributed by atoms with Crippen molar-refractivity contribution in [1.82, 2.24) is 9.88 Å². The van der Waals surface area contributed by atoms with E-state index < -0.39 is 0 Å². The number of hydrogen-bond acceptors (Lipinski definition) is 2. The van der Waals surface area contributed by atoms with E-state index in [0.717, 1.165) is 33.1 Å². The molecular formula is C21H20BrClN2O2. The molecule has 1 N–H and O–H groups in total. The first kappa shape index (κ1) is 18.4. The van der Waals surface area contributed by atoms with Crippen LogP contribution in [0.5, 0.6) is 0 Å². The summed E-state index contributed by atoms with van der Waals surface area (Å²) < 4.78 is 6.50. The Morgan fingerprint density at radius 1 is 1.30 bits per heavy atom. The number of rotatable bonds is 2. The van der Waals surface area contributed by atoms with Crippen LogP contribution in [0.15, 0.2) is 46.9 Å². The summed E-state index contributed by atoms with van der Waals surface area (Å²) in [4.78, 5) is 18.1. The zero-order valence-corrected chi connectivity index (χ0v) is 17.5. The largest absolute Gasteiger partial charge is 0.447 e. The van der Waals surface area contributed by atoms with Crippen LogP contribution >= 0.6 is 27.5 Å². The second-order valence-electron chi connectivity index (χ2n) is 7.04. The SMILES string of the molecule is CC(C)OC(=O)N1CCc2c([nH]c3ccc(Cl)cc23)C1c1cccc(Br)c1. The van der Waals surface area contributed by atoms with E-state index in [4.69, 9.17) is 16.3 Å². The minimum atomic E-state index is -0.294. The average molecular weight is 448 g/mol. The normalized spacial score (nSPS) is 16.6. The van der Waals surface area contributed by atoms with Gasteiger partial charge in [0.25, 0.3) is 0 Å². The van der Waals surface area contributed by atoms with Crippen molar-refractivity contribution in [3.8, 4) is 0 Å². The molecule has 4 nitrogen and oxygen atoms in total. The predicted octanol–water partition coefficient (Wildman–Crippen LogP) is 6.08. The highest BCUT2D eigenvalue weighted by molar-refractivity contribution is 9.10. The summed E-state index contributed by atoms with van der Waals surface area (Å²) in [6.45, 7) is 4.33. The van der Waals surface area contributed by atoms with Crippen LogP contribution in [0.3, 0.4) is 0 Å². The molecule has 1 amide bonds. The van der Waals surface area contributed by atoms with Crippen molar-refractivity contribution in [3.05, 3.63) is 68.8 Å². The number of ether oxygens (including phenoxy) is 1. The molecule has 0 aliphatic carbocycles. The Bertz CT molecular complexity index is 1010. The Hall–Kier alpha value is -1.98. The highest BCUT2D eigenvalue weighted by Crippen LogP contribution is 2.40. The molecule has 2 heterocycles. The molecule has 0 saturated heterocycles. The smallest absolute Gasteiger partial charge is 0.410 e. The van der Waals surface area contributed by atoms with Gasteiger partial charge in [-0.2, -0.15) is 0 Å². The van der Waals surface area contributed by atoms with Crippen LogP contribution in [0.4, 0.5) is 4.79 Å². The van der Waals surface area contributed by atoms with Crippen molar-refractivity contribution in [2.45, 2.75) is 32.4 Å². The van der Waals surface area contributed by atoms with E-state index in [1.165, 1.54) is 5.56 Å². The predicted molar refractivity (Wildman–Crippen MR) is 111 cm³/mol. The lowest BCUT2D eigenvalue weighted by molar-refractivity contribution is 0.0655. The summed E-state index contributed by atoms with van der Waals surface area (Å²) in [6.07, 6.45) is 0.300. The summed E-state index contributed by atoms with van der Waals surface area (Å²) in [5, 5.41) is 1.83. The quantitative estimate of drug-likeness (QED) is 0.518. The molecule has 27 heavy (non-hydrogen) atoms. The van der Waals surface area contributed by atoms with Crippen LogP contribution < -0.4 is 0 Å². The third-order valence-electron chi connectivity index (χ3n) is 4.82. The van der Waals surface area contributed by atoms with Gasteiger partial charge in [-0.3, -0.25) is 4.90 Å². The van der Waals surface area contributed by atoms with E-state index >= 15 is 0 Å². The molecule has 0 spiro atoms. The highest BCUT2D eigenvalue weighted by Gasteiger charge is 2.35. The number of hydrogen-bond donors (Lipinski definition) is 1. The van der Waals surface area contributed by atoms with E-state index in [1.807, 2.05) is 56.3 Å². The first-order valence-corrected chi connectivity index (χ1v) is 10.1. The molecule has 6 heteroatoms. The third kappa shape index (κ3) is 3.46. The van der Waals surface area contributed by atoms with E-state index in [-0.39, 0.29) is 18.2 Å². The van der Waals surface area contributed by atoms with Gasteiger partial charge in [0.1, 0.15) is 6.04 Å². The first-order valence-electron chi connectivity index (χ1n) is 8.96. The first-order chi connectivity index (χ1) is 12.9. The monoisotopic (exact) mass is 446 g/mol. The molecule has 4 rings (SSSR count). The molecule has 3 aromatic rings. The van der Waals surface area contributed by atoms with Crippen LogP contribution in [0.1, 0.15) is 36.7 Å². The van der Waals surface area contributed by atoms with Crippen LogP contribution in [0.2, 0.25) is 5.02 Å². The zero-order valence-electron chi connectivity index (χ0n) is 15.1. The Balaban J connectivity index is 1.87. The lowest BCUT2D eigenvalue weighted by Gasteiger charge is -2.36. The third-order valence-corrected chi connectivity index (χ3v) is 5.55. The summed E-state index contributed by atoms with van der Waals surface area (Å²) in [5.41, 5.74) is 4.30. The van der Waals surface area contributed by atoms with Crippen molar-refractivity contribution >= 4 is 44.5 Å². The Labute approximate surface area is 171 Å². The van der Waals surface area contributed by atoms with Crippen LogP contribution in [0.25, 0.3) is 10.9 Å². The van der Waals surface area contributed by atoms with E-state index in [0.29, 0.717) is 11.6 Å². The second kappa shape index (κ2) is 7.21. The summed E-state index contributed by atoms with van der Waals surface area (Å²) in [6, 6.07) is 13.7. The van der Waals surface area contributed by atoms with Gasteiger partial charge in [-0.25, -0.2) is 4.79 Å². The second-order valence-corrected chi connectivity index (χ2v) is 8.39. The van der Waals surface area contributed by atoms with Crippen LogP contribution in [-0.2, 0) is 11.2 Å². The van der Waals surface area contributed by atoms with Gasteiger partial charge in [0, 0.05) is 32.6 Å². The zero-order chi connectivity index (χ0) is 19.1. The summed E-state index contributed by atoms with van der Waals surface area (Å²) >= 11 is 9.77. The molecule has 1 atom stereocenters. The highest BCUT2D eigenvalue weighted by atomic mass is 79.9. The fourth-order valence-corrected chi connectivity index (χ4v) is 4.34. The number of halogens is 2. The van der Waals surface area contributed by atoms with Gasteiger partial charge in [-0.05, 0) is 61.7 Å². The maximum Gasteiger partial charge on any atom is 0.410 e. The van der Waals surface area contributed by atoms with Gasteiger partial charge >= 0.3 is 6.09 Å². The van der Waals surface area contributed by atoms with Crippen molar-refractivity contribution in [2.75, 3.05) is 6.54 Å². The number of benzene rings is 2. The van der Waals surface area contributed by atoms with Gasteiger partial charge in [-0.15, -0.1) is 0 Å². The van der Waals surface area contributed by atoms with Gasteiger partial charge in [-0.1, -0.05) is 39.7 Å². The van der Waals surface area contributed by atoms with Crippen molar-refractivity contribution in [3.63, 3.8) is 0 Å². The molecule has 1 aromatic heterocycles. The number of carbonyl (C=O) groups is 1. The summed E-state index contributed by atoms with van der Waals surface area (Å²) in [5.74, 6) is 0. The molecule has 1 aliphatic rings. The molecule has 0 radical (unpaired) electrons. The molecular weight excluding hydrogens is 428 g/mol. The van der Waals surface area contributed by atoms with Gasteiger partial charge < -0.3 is 9.72 Å². The van der Waals surface area contributed by atoms with Crippen LogP contribution in [0, 0.1) is 0 Å². The fraction of sp³-hybridized carbons (Fsp3) is 0.286. The van der Waals surface area contributed by atoms with Crippen molar-refractivity contribution < 1.29 is 9.53 Å². The lowest BCUT2D eigenvalue weighted by Crippen LogP contribution is -2.41. The molecule has 1 unspecified atom stereocenters. The molecule has 140 valence electrons. The van der Waals surface area contributed by atoms with Crippen molar-refractivity contribution in [2.24, 2.45) is 0 Å². The van der Waals surface area contributed by atoms with Gasteiger partial charge in [0.15, 0.2) is 0 Å². The Morgan fingerprint density at radius 3 is 2.85 bits per heavy atom. The standard InChI is InChI=1S/C21H20BrClN2O2/c1-12(2)27-21(26)25-9-8-16-17-11-15(23)6-7-18(17)24-19(16)20(25)13-4-3-5-14(22)10-13/h3-7,10-12,20,24H,8-9H2,1-2H3. The van der Waals surface area contributed by atoms with Gasteiger partial charge in [0.2, 0.25) is 0 Å². The van der Waals surface area contributed by atoms with Crippen molar-refractivity contribution in [1.29, 1.82) is 0 Å². The average Bonchev–Trinajstić information content (AvgIpc) is 2.98. The van der Waals surface area contributed by atoms with Gasteiger partial charge in [0.05, 0.1) is 6.10 Å². The number of fused-ring (bicyclic) bond motifs is 3. The number of aromatic amines is 1. The van der Waals surface area contributed by atoms with E-state index in [1.54, 1.807) is 4.90 Å². The molecule has 0 fully saturated rings. The fourth-order valence-electron chi connectivity index (χ4n) is 3.75. The minimum absolute atomic E-state index is 0.163. The number of carbonyl (C=O) groups excluding carboxylic acids is 1. The molecule has 2 aromatic carbocycles. The Morgan fingerprint density at radius 2 is 2.11 bits per heavy atom. The Kier molecular flexibility index (Phi) is 4.91. The number of nitrogens with zero attached hydrogens (tertiary/aromatic N) is 1. The van der Waals surface area contributed by atoms with E-state index in [9.17, 15) is 4.79 Å². The molecule has 1 aliphatic heterocycles. The van der Waals surface area contributed by atoms with Crippen LogP contribution in [-0.4, -0.2) is 28.6 Å². The number of amides is 1. The molecule has 0 bridgehead atoms. The minimum Gasteiger partial charge on any atom is -0.447 e. The lowest BCUT2D eigenvalue weighted by atomic mass is 9.93. The number of aromatic nitrogens is 1. The number of nitrogens with one attached hydrogen (secondary N) is 1. The molecule has 0 saturated carbocycles. The summed E-state index contributed by atoms with van der Waals surface area (Å²) in [7, 11) is 0.